The van der Waals surface area contributed by atoms with E-state index in [1.165, 1.54) is 4.90 Å². The van der Waals surface area contributed by atoms with Crippen molar-refractivity contribution in [2.75, 3.05) is 13.2 Å². The van der Waals surface area contributed by atoms with Crippen molar-refractivity contribution in [3.63, 3.8) is 0 Å². The number of aliphatic hydroxyl groups is 1. The first-order valence-corrected chi connectivity index (χ1v) is 6.01. The summed E-state index contributed by atoms with van der Waals surface area (Å²) in [6.07, 6.45) is 1.23. The molecule has 0 aliphatic carbocycles. The first-order valence-electron chi connectivity index (χ1n) is 6.01. The van der Waals surface area contributed by atoms with Crippen LogP contribution in [-0.4, -0.2) is 40.0 Å². The standard InChI is InChI=1S/C12H12F2N2O4/c13-9-5-10(14)11(16(19)20)4-8(9)12(18)15-3-1-2-7(15)6-17/h4-5,7,17H,1-3,6H2. The lowest BCUT2D eigenvalue weighted by atomic mass is 10.1. The Balaban J connectivity index is 2.39. The molecule has 0 bridgehead atoms. The summed E-state index contributed by atoms with van der Waals surface area (Å²) in [7, 11) is 0. The number of hydrogen-bond donors (Lipinski definition) is 1. The van der Waals surface area contributed by atoms with Crippen LogP contribution in [0.1, 0.15) is 23.2 Å². The summed E-state index contributed by atoms with van der Waals surface area (Å²) in [5.74, 6) is -3.26. The zero-order chi connectivity index (χ0) is 14.9. The number of carbonyl (C=O) groups is 1. The second-order valence-electron chi connectivity index (χ2n) is 4.52. The normalized spacial score (nSPS) is 18.4. The van der Waals surface area contributed by atoms with Crippen LogP contribution < -0.4 is 0 Å². The fourth-order valence-corrected chi connectivity index (χ4v) is 2.29. The Morgan fingerprint density at radius 1 is 1.45 bits per heavy atom. The van der Waals surface area contributed by atoms with E-state index in [9.17, 15) is 23.7 Å². The lowest BCUT2D eigenvalue weighted by Gasteiger charge is -2.23. The topological polar surface area (TPSA) is 83.7 Å². The van der Waals surface area contributed by atoms with Gasteiger partial charge in [-0.3, -0.25) is 14.9 Å². The summed E-state index contributed by atoms with van der Waals surface area (Å²) < 4.78 is 26.9. The number of amides is 1. The number of rotatable bonds is 3. The molecular weight excluding hydrogens is 274 g/mol. The van der Waals surface area contributed by atoms with Crippen molar-refractivity contribution in [2.24, 2.45) is 0 Å². The third kappa shape index (κ3) is 2.46. The molecule has 1 atom stereocenters. The van der Waals surface area contributed by atoms with Crippen LogP contribution in [0.2, 0.25) is 0 Å². The predicted octanol–water partition coefficient (Wildman–Crippen LogP) is 1.47. The number of benzene rings is 1. The van der Waals surface area contributed by atoms with Gasteiger partial charge in [-0.05, 0) is 12.8 Å². The molecule has 1 amide bonds. The molecule has 1 aromatic rings. The molecule has 20 heavy (non-hydrogen) atoms. The van der Waals surface area contributed by atoms with E-state index in [1.807, 2.05) is 0 Å². The molecule has 108 valence electrons. The van der Waals surface area contributed by atoms with Gasteiger partial charge in [-0.15, -0.1) is 0 Å². The number of nitro groups is 1. The average Bonchev–Trinajstić information content (AvgIpc) is 2.85. The molecular formula is C12H12F2N2O4. The Morgan fingerprint density at radius 2 is 2.15 bits per heavy atom. The van der Waals surface area contributed by atoms with Crippen LogP contribution in [-0.2, 0) is 0 Å². The molecule has 1 N–H and O–H groups in total. The highest BCUT2D eigenvalue weighted by Gasteiger charge is 2.32. The summed E-state index contributed by atoms with van der Waals surface area (Å²) in [4.78, 5) is 23.0. The molecule has 0 radical (unpaired) electrons. The van der Waals surface area contributed by atoms with Crippen molar-refractivity contribution in [1.82, 2.24) is 4.90 Å². The minimum Gasteiger partial charge on any atom is -0.394 e. The van der Waals surface area contributed by atoms with Crippen molar-refractivity contribution < 1.29 is 23.6 Å². The van der Waals surface area contributed by atoms with Gasteiger partial charge in [0.1, 0.15) is 5.82 Å². The molecule has 0 saturated carbocycles. The van der Waals surface area contributed by atoms with Crippen molar-refractivity contribution in [3.8, 4) is 0 Å². The summed E-state index contributed by atoms with van der Waals surface area (Å²) in [6.45, 7) is 0.0608. The van der Waals surface area contributed by atoms with Crippen LogP contribution in [0.25, 0.3) is 0 Å². The van der Waals surface area contributed by atoms with Gasteiger partial charge in [-0.25, -0.2) is 4.39 Å². The smallest absolute Gasteiger partial charge is 0.305 e. The van der Waals surface area contributed by atoms with E-state index in [-0.39, 0.29) is 6.61 Å². The first kappa shape index (κ1) is 14.3. The highest BCUT2D eigenvalue weighted by atomic mass is 19.1. The molecule has 1 aromatic carbocycles. The van der Waals surface area contributed by atoms with Crippen LogP contribution in [0.4, 0.5) is 14.5 Å². The predicted molar refractivity (Wildman–Crippen MR) is 64.2 cm³/mol. The van der Waals surface area contributed by atoms with Crippen molar-refractivity contribution in [3.05, 3.63) is 39.4 Å². The zero-order valence-corrected chi connectivity index (χ0v) is 10.4. The number of nitrogens with zero attached hydrogens (tertiary/aromatic N) is 2. The van der Waals surface area contributed by atoms with Crippen LogP contribution in [0.15, 0.2) is 12.1 Å². The summed E-state index contributed by atoms with van der Waals surface area (Å²) in [5.41, 5.74) is -1.51. The van der Waals surface area contributed by atoms with E-state index in [2.05, 4.69) is 0 Å². The third-order valence-corrected chi connectivity index (χ3v) is 3.31. The molecule has 1 heterocycles. The monoisotopic (exact) mass is 286 g/mol. The summed E-state index contributed by atoms with van der Waals surface area (Å²) in [6, 6.07) is 0.487. The highest BCUT2D eigenvalue weighted by molar-refractivity contribution is 5.95. The number of carbonyl (C=O) groups excluding carboxylic acids is 1. The number of aliphatic hydroxyl groups excluding tert-OH is 1. The Hall–Kier alpha value is -2.09. The molecule has 1 saturated heterocycles. The molecule has 1 fully saturated rings. The molecule has 0 spiro atoms. The molecule has 2 rings (SSSR count). The average molecular weight is 286 g/mol. The van der Waals surface area contributed by atoms with E-state index in [1.54, 1.807) is 0 Å². The van der Waals surface area contributed by atoms with Gasteiger partial charge in [0, 0.05) is 18.7 Å². The van der Waals surface area contributed by atoms with E-state index in [0.29, 0.717) is 31.5 Å². The molecule has 8 heteroatoms. The molecule has 6 nitrogen and oxygen atoms in total. The van der Waals surface area contributed by atoms with E-state index in [4.69, 9.17) is 5.11 Å². The summed E-state index contributed by atoms with van der Waals surface area (Å²) >= 11 is 0. The maximum Gasteiger partial charge on any atom is 0.305 e. The lowest BCUT2D eigenvalue weighted by molar-refractivity contribution is -0.387. The van der Waals surface area contributed by atoms with Crippen molar-refractivity contribution in [2.45, 2.75) is 18.9 Å². The van der Waals surface area contributed by atoms with Gasteiger partial charge in [0.15, 0.2) is 0 Å². The van der Waals surface area contributed by atoms with Crippen LogP contribution in [0.3, 0.4) is 0 Å². The fourth-order valence-electron chi connectivity index (χ4n) is 2.29. The van der Waals surface area contributed by atoms with E-state index >= 15 is 0 Å². The molecule has 1 aliphatic heterocycles. The van der Waals surface area contributed by atoms with Crippen molar-refractivity contribution in [1.29, 1.82) is 0 Å². The maximum atomic E-state index is 13.7. The Morgan fingerprint density at radius 3 is 2.75 bits per heavy atom. The second kappa shape index (κ2) is 5.49. The largest absolute Gasteiger partial charge is 0.394 e. The first-order chi connectivity index (χ1) is 9.45. The lowest BCUT2D eigenvalue weighted by Crippen LogP contribution is -2.38. The van der Waals surface area contributed by atoms with Gasteiger partial charge in [0.25, 0.3) is 5.91 Å². The van der Waals surface area contributed by atoms with Gasteiger partial charge in [-0.1, -0.05) is 0 Å². The minimum absolute atomic E-state index is 0.267. The quantitative estimate of drug-likeness (QED) is 0.673. The van der Waals surface area contributed by atoms with Gasteiger partial charge < -0.3 is 10.0 Å². The van der Waals surface area contributed by atoms with E-state index < -0.39 is 39.8 Å². The third-order valence-electron chi connectivity index (χ3n) is 3.31. The van der Waals surface area contributed by atoms with Crippen LogP contribution >= 0.6 is 0 Å². The Bertz CT molecular complexity index is 565. The Labute approximate surface area is 112 Å². The number of hydrogen-bond acceptors (Lipinski definition) is 4. The fraction of sp³-hybridized carbons (Fsp3) is 0.417. The second-order valence-corrected chi connectivity index (χ2v) is 4.52. The number of halogens is 2. The van der Waals surface area contributed by atoms with E-state index in [0.717, 1.165) is 0 Å². The molecule has 1 aliphatic rings. The van der Waals surface area contributed by atoms with Gasteiger partial charge in [0.05, 0.1) is 23.1 Å². The van der Waals surface area contributed by atoms with Gasteiger partial charge >= 0.3 is 5.69 Å². The minimum atomic E-state index is -1.33. The molecule has 1 unspecified atom stereocenters. The highest BCUT2D eigenvalue weighted by Crippen LogP contribution is 2.25. The van der Waals surface area contributed by atoms with Crippen LogP contribution in [0, 0.1) is 21.7 Å². The van der Waals surface area contributed by atoms with Crippen LogP contribution in [0.5, 0.6) is 0 Å². The zero-order valence-electron chi connectivity index (χ0n) is 10.4. The van der Waals surface area contributed by atoms with Gasteiger partial charge in [0.2, 0.25) is 5.82 Å². The number of nitro benzene ring substituents is 1. The Kier molecular flexibility index (Phi) is 3.93. The van der Waals surface area contributed by atoms with Gasteiger partial charge in [-0.2, -0.15) is 4.39 Å². The SMILES string of the molecule is O=C(c1cc([N+](=O)[O-])c(F)cc1F)N1CCCC1CO. The number of likely N-dealkylation sites (tertiary alicyclic amines) is 1. The molecule has 0 aromatic heterocycles. The maximum absolute atomic E-state index is 13.7. The summed E-state index contributed by atoms with van der Waals surface area (Å²) in [5, 5.41) is 19.8. The van der Waals surface area contributed by atoms with Crippen molar-refractivity contribution >= 4 is 11.6 Å².